The molecular formula is C38H34FNO4. The highest BCUT2D eigenvalue weighted by Crippen LogP contribution is 2.47. The minimum Gasteiger partial charge on any atom is -0.508 e. The second-order valence-electron chi connectivity index (χ2n) is 11.4. The first kappa shape index (κ1) is 29.1. The molecule has 0 bridgehead atoms. The topological polar surface area (TPSA) is 81.0 Å². The zero-order valence-corrected chi connectivity index (χ0v) is 24.2. The fourth-order valence-corrected chi connectivity index (χ4v) is 6.29. The van der Waals surface area contributed by atoms with Gasteiger partial charge < -0.3 is 20.2 Å². The number of aromatic hydroxyl groups is 2. The lowest BCUT2D eigenvalue weighted by Crippen LogP contribution is -2.28. The summed E-state index contributed by atoms with van der Waals surface area (Å²) in [5, 5.41) is 32.0. The van der Waals surface area contributed by atoms with Gasteiger partial charge in [0.15, 0.2) is 0 Å². The van der Waals surface area contributed by atoms with Crippen LogP contribution in [0.2, 0.25) is 0 Å². The Bertz CT molecular complexity index is 1740. The zero-order chi connectivity index (χ0) is 30.6. The van der Waals surface area contributed by atoms with Gasteiger partial charge >= 0.3 is 0 Å². The molecule has 1 aliphatic heterocycles. The van der Waals surface area contributed by atoms with E-state index in [9.17, 15) is 24.5 Å². The second-order valence-corrected chi connectivity index (χ2v) is 11.4. The first-order chi connectivity index (χ1) is 21.4. The van der Waals surface area contributed by atoms with Crippen LogP contribution in [0.25, 0.3) is 22.3 Å². The number of halogens is 1. The largest absolute Gasteiger partial charge is 0.508 e. The smallest absolute Gasteiger partial charge is 0.227 e. The summed E-state index contributed by atoms with van der Waals surface area (Å²) in [7, 11) is 0. The van der Waals surface area contributed by atoms with Crippen molar-refractivity contribution in [2.45, 2.75) is 37.8 Å². The highest BCUT2D eigenvalue weighted by Gasteiger charge is 2.42. The molecule has 0 aromatic heterocycles. The van der Waals surface area contributed by atoms with E-state index in [1.165, 1.54) is 12.1 Å². The second kappa shape index (κ2) is 12.7. The first-order valence-electron chi connectivity index (χ1n) is 14.9. The monoisotopic (exact) mass is 587 g/mol. The molecule has 6 rings (SSSR count). The van der Waals surface area contributed by atoms with Gasteiger partial charge in [0.1, 0.15) is 17.3 Å². The fourth-order valence-electron chi connectivity index (χ4n) is 6.29. The number of hydrogen-bond donors (Lipinski definition) is 3. The van der Waals surface area contributed by atoms with E-state index in [0.717, 1.165) is 27.9 Å². The van der Waals surface area contributed by atoms with E-state index in [4.69, 9.17) is 0 Å². The molecule has 44 heavy (non-hydrogen) atoms. The number of aliphatic hydroxyl groups is 1. The van der Waals surface area contributed by atoms with Crippen molar-refractivity contribution >= 4 is 11.6 Å². The van der Waals surface area contributed by atoms with Crippen LogP contribution in [0.15, 0.2) is 121 Å². The molecule has 1 amide bonds. The van der Waals surface area contributed by atoms with E-state index in [1.807, 2.05) is 72.8 Å². The Morgan fingerprint density at radius 1 is 0.750 bits per heavy atom. The lowest BCUT2D eigenvalue weighted by atomic mass is 9.87. The Kier molecular flexibility index (Phi) is 8.44. The molecule has 1 heterocycles. The van der Waals surface area contributed by atoms with Crippen molar-refractivity contribution in [1.82, 2.24) is 0 Å². The van der Waals surface area contributed by atoms with Crippen LogP contribution in [0, 0.1) is 11.7 Å². The number of rotatable bonds is 9. The van der Waals surface area contributed by atoms with Crippen LogP contribution < -0.4 is 4.90 Å². The summed E-state index contributed by atoms with van der Waals surface area (Å²) in [4.78, 5) is 15.4. The van der Waals surface area contributed by atoms with Crippen molar-refractivity contribution in [3.63, 3.8) is 0 Å². The zero-order valence-electron chi connectivity index (χ0n) is 24.2. The Balaban J connectivity index is 1.29. The number of benzene rings is 5. The Hall–Kier alpha value is -4.94. The van der Waals surface area contributed by atoms with Crippen LogP contribution in [0.4, 0.5) is 10.1 Å². The van der Waals surface area contributed by atoms with E-state index in [0.29, 0.717) is 36.8 Å². The van der Waals surface area contributed by atoms with Gasteiger partial charge in [0, 0.05) is 17.7 Å². The Labute approximate surface area is 256 Å². The minimum atomic E-state index is -0.734. The summed E-state index contributed by atoms with van der Waals surface area (Å²) in [6.45, 7) is 0. The van der Waals surface area contributed by atoms with E-state index in [2.05, 4.69) is 0 Å². The first-order valence-corrected chi connectivity index (χ1v) is 14.9. The van der Waals surface area contributed by atoms with Crippen molar-refractivity contribution in [2.24, 2.45) is 5.92 Å². The highest BCUT2D eigenvalue weighted by atomic mass is 19.1. The average molecular weight is 588 g/mol. The van der Waals surface area contributed by atoms with Gasteiger partial charge in [-0.3, -0.25) is 4.79 Å². The molecule has 222 valence electrons. The summed E-state index contributed by atoms with van der Waals surface area (Å²) < 4.78 is 13.4. The van der Waals surface area contributed by atoms with Crippen LogP contribution in [0.3, 0.4) is 0 Å². The molecule has 0 saturated carbocycles. The number of amides is 1. The van der Waals surface area contributed by atoms with E-state index in [1.54, 1.807) is 41.3 Å². The highest BCUT2D eigenvalue weighted by molar-refractivity contribution is 5.97. The predicted molar refractivity (Wildman–Crippen MR) is 171 cm³/mol. The van der Waals surface area contributed by atoms with Crippen LogP contribution >= 0.6 is 0 Å². The number of phenols is 2. The van der Waals surface area contributed by atoms with Gasteiger partial charge in [0.25, 0.3) is 0 Å². The molecule has 1 fully saturated rings. The molecule has 5 aromatic carbocycles. The maximum atomic E-state index is 13.6. The molecule has 1 saturated heterocycles. The van der Waals surface area contributed by atoms with Gasteiger partial charge in [0.05, 0.1) is 12.1 Å². The van der Waals surface area contributed by atoms with Gasteiger partial charge in [-0.1, -0.05) is 85.3 Å². The normalized spacial score (nSPS) is 17.1. The van der Waals surface area contributed by atoms with Gasteiger partial charge in [-0.2, -0.15) is 0 Å². The number of phenolic OH excluding ortho intramolecular Hbond substituents is 2. The number of aliphatic hydroxyl groups excluding tert-OH is 1. The molecule has 3 N–H and O–H groups in total. The molecule has 0 unspecified atom stereocenters. The van der Waals surface area contributed by atoms with Crippen molar-refractivity contribution in [3.05, 3.63) is 138 Å². The minimum absolute atomic E-state index is 0.0250. The maximum Gasteiger partial charge on any atom is 0.227 e. The van der Waals surface area contributed by atoms with Crippen molar-refractivity contribution in [3.8, 4) is 33.8 Å². The standard InChI is InChI=1S/C38H34FNO4/c39-31-17-12-27(13-18-31)35(42)11-5-9-30-24-37(44)40(32-19-14-26(15-20-32)25-6-2-1-3-7-25)38(30)34-21-16-29(23-36(34)43)28-8-4-10-33(41)22-28/h1-4,6-8,10,12-23,30,35,38,41-43H,5,9,11,24H2/t30-,35-,38+/m1/s1. The number of carbonyl (C=O) groups is 1. The summed E-state index contributed by atoms with van der Waals surface area (Å²) in [6, 6.07) is 35.7. The molecule has 3 atom stereocenters. The van der Waals surface area contributed by atoms with Gasteiger partial charge in [-0.05, 0) is 89.0 Å². The number of carbonyl (C=O) groups excluding carboxylic acids is 1. The van der Waals surface area contributed by atoms with E-state index in [-0.39, 0.29) is 29.1 Å². The van der Waals surface area contributed by atoms with Crippen molar-refractivity contribution in [1.29, 1.82) is 0 Å². The lowest BCUT2D eigenvalue weighted by Gasteiger charge is -2.30. The number of anilines is 1. The van der Waals surface area contributed by atoms with Crippen LogP contribution in [-0.4, -0.2) is 21.2 Å². The SMILES string of the molecule is O=C1C[C@@H](CCC[C@@H](O)c2ccc(F)cc2)[C@@H](c2ccc(-c3cccc(O)c3)cc2O)N1c1ccc(-c2ccccc2)cc1. The summed E-state index contributed by atoms with van der Waals surface area (Å²) in [5.41, 5.74) is 5.72. The molecule has 0 radical (unpaired) electrons. The number of hydrogen-bond acceptors (Lipinski definition) is 4. The molecule has 6 heteroatoms. The van der Waals surface area contributed by atoms with Gasteiger partial charge in [-0.25, -0.2) is 4.39 Å². The van der Waals surface area contributed by atoms with Gasteiger partial charge in [-0.15, -0.1) is 0 Å². The van der Waals surface area contributed by atoms with E-state index >= 15 is 0 Å². The van der Waals surface area contributed by atoms with Crippen molar-refractivity contribution < 1.29 is 24.5 Å². The fraction of sp³-hybridized carbons (Fsp3) is 0.184. The van der Waals surface area contributed by atoms with Crippen LogP contribution in [0.1, 0.15) is 49.0 Å². The van der Waals surface area contributed by atoms with Crippen LogP contribution in [-0.2, 0) is 4.79 Å². The van der Waals surface area contributed by atoms with Crippen LogP contribution in [0.5, 0.6) is 11.5 Å². The third-order valence-corrected chi connectivity index (χ3v) is 8.52. The summed E-state index contributed by atoms with van der Waals surface area (Å²) in [6.07, 6.45) is 1.35. The lowest BCUT2D eigenvalue weighted by molar-refractivity contribution is -0.117. The molecule has 5 nitrogen and oxygen atoms in total. The molecule has 0 spiro atoms. The third kappa shape index (κ3) is 6.21. The Morgan fingerprint density at radius 2 is 1.41 bits per heavy atom. The van der Waals surface area contributed by atoms with E-state index < -0.39 is 12.1 Å². The quantitative estimate of drug-likeness (QED) is 0.161. The average Bonchev–Trinajstić information content (AvgIpc) is 3.36. The summed E-state index contributed by atoms with van der Waals surface area (Å²) >= 11 is 0. The molecule has 5 aromatic rings. The molecule has 1 aliphatic rings. The molecular weight excluding hydrogens is 553 g/mol. The third-order valence-electron chi connectivity index (χ3n) is 8.52. The predicted octanol–water partition coefficient (Wildman–Crippen LogP) is 8.57. The molecule has 0 aliphatic carbocycles. The Morgan fingerprint density at radius 3 is 2.11 bits per heavy atom. The van der Waals surface area contributed by atoms with Crippen molar-refractivity contribution in [2.75, 3.05) is 4.90 Å². The van der Waals surface area contributed by atoms with Gasteiger partial charge in [0.2, 0.25) is 5.91 Å². The summed E-state index contributed by atoms with van der Waals surface area (Å²) in [5.74, 6) is -0.259. The number of nitrogens with zero attached hydrogens (tertiary/aromatic N) is 1. The maximum absolute atomic E-state index is 13.6.